The molecule has 0 unspecified atom stereocenters. The molecule has 0 saturated carbocycles. The Balaban J connectivity index is 1.80. The van der Waals surface area contributed by atoms with E-state index in [1.165, 1.54) is 25.4 Å². The minimum atomic E-state index is -3.71. The van der Waals surface area contributed by atoms with Crippen molar-refractivity contribution >= 4 is 38.1 Å². The number of rotatable bonds is 7. The molecule has 0 aliphatic carbocycles. The molecule has 3 rings (SSSR count). The van der Waals surface area contributed by atoms with Crippen molar-refractivity contribution in [3.8, 4) is 16.3 Å². The molecule has 0 fully saturated rings. The molecule has 0 saturated heterocycles. The van der Waals surface area contributed by atoms with Crippen molar-refractivity contribution in [2.24, 2.45) is 0 Å². The summed E-state index contributed by atoms with van der Waals surface area (Å²) in [5.74, 6) is 0.0728. The lowest BCUT2D eigenvalue weighted by Gasteiger charge is -2.28. The van der Waals surface area contributed by atoms with Gasteiger partial charge in [0.2, 0.25) is 21.1 Å². The predicted molar refractivity (Wildman–Crippen MR) is 114 cm³/mol. The smallest absolute Gasteiger partial charge is 0.249 e. The molecule has 3 aromatic rings. The lowest BCUT2D eigenvalue weighted by Crippen LogP contribution is -2.45. The number of ether oxygens (including phenoxy) is 1. The molecule has 1 aromatic heterocycles. The summed E-state index contributed by atoms with van der Waals surface area (Å²) in [4.78, 5) is 12.7. The van der Waals surface area contributed by atoms with Crippen LogP contribution in [0.1, 0.15) is 6.92 Å². The second kappa shape index (κ2) is 8.58. The summed E-state index contributed by atoms with van der Waals surface area (Å²) in [7, 11) is -2.19. The number of nitrogens with one attached hydrogen (secondary N) is 1. The Kier molecular flexibility index (Phi) is 6.14. The minimum absolute atomic E-state index is 0.295. The molecule has 0 spiro atoms. The summed E-state index contributed by atoms with van der Waals surface area (Å²) in [6.45, 7) is 1.51. The Morgan fingerprint density at radius 2 is 1.76 bits per heavy atom. The highest BCUT2D eigenvalue weighted by atomic mass is 32.2. The molecule has 29 heavy (non-hydrogen) atoms. The fourth-order valence-electron chi connectivity index (χ4n) is 2.72. The van der Waals surface area contributed by atoms with Crippen LogP contribution in [-0.4, -0.2) is 43.9 Å². The third kappa shape index (κ3) is 4.90. The van der Waals surface area contributed by atoms with E-state index in [1.54, 1.807) is 24.3 Å². The highest BCUT2D eigenvalue weighted by molar-refractivity contribution is 7.92. The number of nitrogens with zero attached hydrogens (tertiary/aromatic N) is 3. The van der Waals surface area contributed by atoms with Crippen LogP contribution in [0.25, 0.3) is 10.6 Å². The number of hydrogen-bond acceptors (Lipinski definition) is 7. The molecule has 8 nitrogen and oxygen atoms in total. The lowest BCUT2D eigenvalue weighted by atomic mass is 10.2. The number of sulfonamides is 1. The zero-order valence-electron chi connectivity index (χ0n) is 16.1. The zero-order valence-corrected chi connectivity index (χ0v) is 17.7. The van der Waals surface area contributed by atoms with E-state index >= 15 is 0 Å². The molecule has 0 aliphatic rings. The number of carbonyl (C=O) groups is 1. The number of benzene rings is 2. The lowest BCUT2D eigenvalue weighted by molar-refractivity contribution is -0.116. The van der Waals surface area contributed by atoms with E-state index in [1.807, 2.05) is 30.3 Å². The van der Waals surface area contributed by atoms with Gasteiger partial charge >= 0.3 is 0 Å². The molecule has 152 valence electrons. The van der Waals surface area contributed by atoms with Crippen LogP contribution in [0, 0.1) is 0 Å². The Morgan fingerprint density at radius 1 is 1.10 bits per heavy atom. The summed E-state index contributed by atoms with van der Waals surface area (Å²) in [6.07, 6.45) is 1.06. The van der Waals surface area contributed by atoms with Crippen molar-refractivity contribution in [3.05, 3.63) is 54.6 Å². The molecular formula is C19H20N4O4S2. The van der Waals surface area contributed by atoms with Gasteiger partial charge in [-0.2, -0.15) is 0 Å². The maximum absolute atomic E-state index is 12.7. The van der Waals surface area contributed by atoms with Gasteiger partial charge in [0, 0.05) is 5.56 Å². The van der Waals surface area contributed by atoms with Gasteiger partial charge in [-0.15, -0.1) is 10.2 Å². The first-order chi connectivity index (χ1) is 13.8. The van der Waals surface area contributed by atoms with Crippen molar-refractivity contribution in [1.82, 2.24) is 10.2 Å². The third-order valence-electron chi connectivity index (χ3n) is 4.09. The number of methoxy groups -OCH3 is 1. The van der Waals surface area contributed by atoms with E-state index in [4.69, 9.17) is 4.74 Å². The second-order valence-corrected chi connectivity index (χ2v) is 9.04. The number of hydrogen-bond donors (Lipinski definition) is 1. The Hall–Kier alpha value is -2.98. The van der Waals surface area contributed by atoms with E-state index in [2.05, 4.69) is 15.5 Å². The van der Waals surface area contributed by atoms with Gasteiger partial charge in [-0.05, 0) is 31.2 Å². The summed E-state index contributed by atoms with van der Waals surface area (Å²) in [5, 5.41) is 11.7. The second-order valence-electron chi connectivity index (χ2n) is 6.20. The topological polar surface area (TPSA) is 101 Å². The van der Waals surface area contributed by atoms with Crippen LogP contribution < -0.4 is 14.4 Å². The van der Waals surface area contributed by atoms with Crippen molar-refractivity contribution in [2.45, 2.75) is 13.0 Å². The fraction of sp³-hybridized carbons (Fsp3) is 0.211. The first-order valence-corrected chi connectivity index (χ1v) is 11.3. The van der Waals surface area contributed by atoms with E-state index in [0.717, 1.165) is 16.1 Å². The van der Waals surface area contributed by atoms with Crippen molar-refractivity contribution in [1.29, 1.82) is 0 Å². The van der Waals surface area contributed by atoms with Gasteiger partial charge < -0.3 is 4.74 Å². The summed E-state index contributed by atoms with van der Waals surface area (Å²) < 4.78 is 30.9. The highest BCUT2D eigenvalue weighted by Crippen LogP contribution is 2.27. The van der Waals surface area contributed by atoms with Crippen LogP contribution in [-0.2, 0) is 14.8 Å². The summed E-state index contributed by atoms with van der Waals surface area (Å²) in [6, 6.07) is 14.9. The monoisotopic (exact) mass is 432 g/mol. The van der Waals surface area contributed by atoms with Crippen LogP contribution in [0.5, 0.6) is 5.75 Å². The Labute approximate surface area is 173 Å². The highest BCUT2D eigenvalue weighted by Gasteiger charge is 2.29. The largest absolute Gasteiger partial charge is 0.497 e. The molecule has 1 amide bonds. The number of anilines is 2. The van der Waals surface area contributed by atoms with Gasteiger partial charge in [0.1, 0.15) is 16.8 Å². The summed E-state index contributed by atoms with van der Waals surface area (Å²) >= 11 is 1.21. The zero-order chi connectivity index (χ0) is 21.0. The quantitative estimate of drug-likeness (QED) is 0.616. The van der Waals surface area contributed by atoms with Gasteiger partial charge in [-0.3, -0.25) is 14.4 Å². The van der Waals surface area contributed by atoms with E-state index in [-0.39, 0.29) is 0 Å². The molecule has 0 bridgehead atoms. The Bertz CT molecular complexity index is 1080. The van der Waals surface area contributed by atoms with Crippen LogP contribution in [0.4, 0.5) is 10.8 Å². The summed E-state index contributed by atoms with van der Waals surface area (Å²) in [5.41, 5.74) is 1.24. The maximum Gasteiger partial charge on any atom is 0.249 e. The van der Waals surface area contributed by atoms with Crippen molar-refractivity contribution in [2.75, 3.05) is 23.0 Å². The minimum Gasteiger partial charge on any atom is -0.497 e. The average Bonchev–Trinajstić information content (AvgIpc) is 3.16. The van der Waals surface area contributed by atoms with Gasteiger partial charge in [-0.25, -0.2) is 8.42 Å². The van der Waals surface area contributed by atoms with E-state index < -0.39 is 22.0 Å². The molecular weight excluding hydrogens is 412 g/mol. The van der Waals surface area contributed by atoms with Gasteiger partial charge in [0.25, 0.3) is 0 Å². The SMILES string of the molecule is COc1ccc(N([C@H](C)C(=O)Nc2nnc(-c3ccccc3)s2)S(C)(=O)=O)cc1. The molecule has 1 atom stereocenters. The van der Waals surface area contributed by atoms with Gasteiger partial charge in [0.15, 0.2) is 0 Å². The molecule has 1 N–H and O–H groups in total. The number of carbonyl (C=O) groups excluding carboxylic acids is 1. The molecule has 2 aromatic carbocycles. The van der Waals surface area contributed by atoms with E-state index in [0.29, 0.717) is 21.6 Å². The third-order valence-corrected chi connectivity index (χ3v) is 6.22. The first-order valence-electron chi connectivity index (χ1n) is 8.63. The van der Waals surface area contributed by atoms with Crippen LogP contribution >= 0.6 is 11.3 Å². The van der Waals surface area contributed by atoms with Crippen LogP contribution in [0.15, 0.2) is 54.6 Å². The van der Waals surface area contributed by atoms with Crippen LogP contribution in [0.2, 0.25) is 0 Å². The average molecular weight is 433 g/mol. The molecule has 0 radical (unpaired) electrons. The van der Waals surface area contributed by atoms with Gasteiger partial charge in [0.05, 0.1) is 19.1 Å². The fourth-order valence-corrected chi connectivity index (χ4v) is 4.65. The van der Waals surface area contributed by atoms with Crippen LogP contribution in [0.3, 0.4) is 0 Å². The predicted octanol–water partition coefficient (Wildman–Crippen LogP) is 3.01. The normalized spacial score (nSPS) is 12.2. The van der Waals surface area contributed by atoms with Gasteiger partial charge in [-0.1, -0.05) is 41.7 Å². The number of aromatic nitrogens is 2. The molecule has 0 aliphatic heterocycles. The Morgan fingerprint density at radius 3 is 2.34 bits per heavy atom. The van der Waals surface area contributed by atoms with Crippen molar-refractivity contribution < 1.29 is 17.9 Å². The van der Waals surface area contributed by atoms with E-state index in [9.17, 15) is 13.2 Å². The molecule has 10 heteroatoms. The van der Waals surface area contributed by atoms with Crippen molar-refractivity contribution in [3.63, 3.8) is 0 Å². The maximum atomic E-state index is 12.7. The number of amides is 1. The standard InChI is InChI=1S/C19H20N4O4S2/c1-13(23(29(3,25)26)15-9-11-16(27-2)12-10-15)17(24)20-19-22-21-18(28-19)14-7-5-4-6-8-14/h4-13H,1-3H3,(H,20,22,24)/t13-/m1/s1. The molecule has 1 heterocycles. The first kappa shape index (κ1) is 20.7.